The van der Waals surface area contributed by atoms with E-state index in [-0.39, 0.29) is 11.0 Å². The number of nitrogens with zero attached hydrogens (tertiary/aromatic N) is 5. The van der Waals surface area contributed by atoms with Crippen molar-refractivity contribution < 1.29 is 8.76 Å². The summed E-state index contributed by atoms with van der Waals surface area (Å²) in [4.78, 5) is 7.28. The largest absolute Gasteiger partial charge is 0.364 e. The second-order valence-corrected chi connectivity index (χ2v) is 9.70. The van der Waals surface area contributed by atoms with Crippen LogP contribution < -0.4 is 16.4 Å². The molecule has 10 heteroatoms. The van der Waals surface area contributed by atoms with Crippen molar-refractivity contribution in [1.82, 2.24) is 26.1 Å². The molecule has 1 aliphatic heterocycles. The zero-order chi connectivity index (χ0) is 23.8. The predicted octanol–water partition coefficient (Wildman–Crippen LogP) is 3.81. The number of fused-ring (bicyclic) bond motifs is 1. The van der Waals surface area contributed by atoms with Gasteiger partial charge >= 0.3 is 0 Å². The van der Waals surface area contributed by atoms with Gasteiger partial charge in [0.1, 0.15) is 0 Å². The molecular weight excluding hydrogens is 462 g/mol. The fraction of sp³-hybridized carbons (Fsp3) is 0.240. The maximum absolute atomic E-state index is 11.6. The average molecular weight is 491 g/mol. The minimum Gasteiger partial charge on any atom is -0.364 e. The molecule has 2 aromatic heterocycles. The topological polar surface area (TPSA) is 142 Å². The van der Waals surface area contributed by atoms with Crippen molar-refractivity contribution in [3.05, 3.63) is 66.6 Å². The fourth-order valence-electron chi connectivity index (χ4n) is 4.64. The van der Waals surface area contributed by atoms with Crippen LogP contribution in [-0.4, -0.2) is 44.3 Å². The first-order chi connectivity index (χ1) is 16.4. The summed E-state index contributed by atoms with van der Waals surface area (Å²) in [6.45, 7) is 6.42. The van der Waals surface area contributed by atoms with E-state index in [4.69, 9.17) is 0 Å². The third-order valence-electron chi connectivity index (χ3n) is 6.26. The molecule has 0 bridgehead atoms. The van der Waals surface area contributed by atoms with Crippen LogP contribution in [0.3, 0.4) is 0 Å². The maximum Gasteiger partial charge on any atom is 0.235 e. The standard InChI is InChI=1S/C25H24N6O2S.H3N/c1-16-11-27-12-17(2)31(16)22-5-3-19(4-6-22)21-13-28-25-24(14-29-30(25)15-21)20-7-18(10-26)8-23(9-20)34(32)33;/h3-9,13-17,27H,11-12H2,1-2H3,(H,32,33);1H3/p+1/t16-,17+;. The zero-order valence-electron chi connectivity index (χ0n) is 19.6. The Morgan fingerprint density at radius 1 is 1.06 bits per heavy atom. The van der Waals surface area contributed by atoms with Crippen LogP contribution in [-0.2, 0) is 15.3 Å². The third-order valence-corrected chi connectivity index (χ3v) is 6.96. The Bertz CT molecular complexity index is 1420. The van der Waals surface area contributed by atoms with E-state index in [0.29, 0.717) is 34.4 Å². The lowest BCUT2D eigenvalue weighted by Gasteiger charge is -2.41. The van der Waals surface area contributed by atoms with Crippen molar-refractivity contribution in [2.75, 3.05) is 18.0 Å². The SMILES string of the molecule is C[C@@H]1CNC[C@H](C)N1c1ccc(-c2cnc3c(-c4cc(C#N)cc([SH+](=O)O)c4)cnn3c2)cc1.N. The highest BCUT2D eigenvalue weighted by atomic mass is 32.2. The second-order valence-electron chi connectivity index (χ2n) is 8.63. The summed E-state index contributed by atoms with van der Waals surface area (Å²) in [7, 11) is 0. The number of piperazine rings is 1. The van der Waals surface area contributed by atoms with E-state index in [9.17, 15) is 14.0 Å². The molecule has 9 nitrogen and oxygen atoms in total. The Kier molecular flexibility index (Phi) is 6.95. The van der Waals surface area contributed by atoms with Gasteiger partial charge in [-0.3, -0.25) is 0 Å². The summed E-state index contributed by atoms with van der Waals surface area (Å²) in [5.41, 5.74) is 5.42. The van der Waals surface area contributed by atoms with Gasteiger partial charge in [0.05, 0.1) is 17.8 Å². The molecule has 5 rings (SSSR count). The van der Waals surface area contributed by atoms with Crippen molar-refractivity contribution >= 4 is 22.4 Å². The zero-order valence-corrected chi connectivity index (χ0v) is 20.5. The Morgan fingerprint density at radius 3 is 2.43 bits per heavy atom. The third kappa shape index (κ3) is 4.67. The number of benzene rings is 2. The molecule has 1 saturated heterocycles. The van der Waals surface area contributed by atoms with Gasteiger partial charge in [0.2, 0.25) is 11.1 Å². The number of anilines is 1. The van der Waals surface area contributed by atoms with Crippen LogP contribution in [0.5, 0.6) is 0 Å². The number of hydrogen-bond acceptors (Lipinski definition) is 7. The van der Waals surface area contributed by atoms with Crippen molar-refractivity contribution in [1.29, 1.82) is 5.26 Å². The molecule has 5 N–H and O–H groups in total. The van der Waals surface area contributed by atoms with Crippen molar-refractivity contribution in [3.63, 3.8) is 0 Å². The van der Waals surface area contributed by atoms with Crippen LogP contribution in [0.15, 0.2) is 66.0 Å². The summed E-state index contributed by atoms with van der Waals surface area (Å²) in [5, 5.41) is 17.2. The van der Waals surface area contributed by atoms with Crippen LogP contribution in [0.4, 0.5) is 5.69 Å². The Labute approximate surface area is 206 Å². The van der Waals surface area contributed by atoms with Gasteiger partial charge in [-0.2, -0.15) is 14.9 Å². The molecule has 35 heavy (non-hydrogen) atoms. The molecule has 0 amide bonds. The molecule has 1 unspecified atom stereocenters. The normalized spacial score (nSPS) is 18.6. The minimum atomic E-state index is -2.56. The highest BCUT2D eigenvalue weighted by molar-refractivity contribution is 7.79. The first kappa shape index (κ1) is 24.5. The van der Waals surface area contributed by atoms with E-state index in [0.717, 1.165) is 24.2 Å². The molecular formula is C25H28N7O2S+. The monoisotopic (exact) mass is 490 g/mol. The van der Waals surface area contributed by atoms with Gasteiger partial charge in [-0.25, -0.2) is 9.50 Å². The molecule has 180 valence electrons. The van der Waals surface area contributed by atoms with Crippen LogP contribution in [0, 0.1) is 11.3 Å². The summed E-state index contributed by atoms with van der Waals surface area (Å²) < 4.78 is 22.8. The van der Waals surface area contributed by atoms with Gasteiger partial charge in [-0.05, 0) is 43.2 Å². The van der Waals surface area contributed by atoms with Crippen LogP contribution in [0.25, 0.3) is 27.9 Å². The first-order valence-electron chi connectivity index (χ1n) is 11.1. The number of nitriles is 1. The van der Waals surface area contributed by atoms with E-state index in [1.54, 1.807) is 29.0 Å². The summed E-state index contributed by atoms with van der Waals surface area (Å²) in [5.74, 6) is 0. The molecule has 0 aliphatic carbocycles. The van der Waals surface area contributed by atoms with Crippen molar-refractivity contribution in [2.45, 2.75) is 30.8 Å². The van der Waals surface area contributed by atoms with E-state index < -0.39 is 11.1 Å². The van der Waals surface area contributed by atoms with Crippen LogP contribution >= 0.6 is 0 Å². The minimum absolute atomic E-state index is 0. The van der Waals surface area contributed by atoms with Gasteiger partial charge in [0.15, 0.2) is 10.5 Å². The summed E-state index contributed by atoms with van der Waals surface area (Å²) >= 11 is -2.56. The van der Waals surface area contributed by atoms with Gasteiger partial charge in [-0.15, -0.1) is 0 Å². The smallest absolute Gasteiger partial charge is 0.235 e. The number of thiol groups is 1. The van der Waals surface area contributed by atoms with Crippen molar-refractivity contribution in [2.24, 2.45) is 0 Å². The second kappa shape index (κ2) is 9.93. The molecule has 0 saturated carbocycles. The van der Waals surface area contributed by atoms with E-state index in [1.165, 1.54) is 11.8 Å². The quantitative estimate of drug-likeness (QED) is 0.290. The molecule has 3 heterocycles. The average Bonchev–Trinajstić information content (AvgIpc) is 3.27. The van der Waals surface area contributed by atoms with Crippen molar-refractivity contribution in [3.8, 4) is 28.3 Å². The molecule has 3 atom stereocenters. The molecule has 4 aromatic rings. The molecule has 2 aromatic carbocycles. The molecule has 1 fully saturated rings. The Morgan fingerprint density at radius 2 is 1.77 bits per heavy atom. The highest BCUT2D eigenvalue weighted by Gasteiger charge is 2.24. The lowest BCUT2D eigenvalue weighted by molar-refractivity contribution is 0.432. The Balaban J connectivity index is 0.00000289. The van der Waals surface area contributed by atoms with Gasteiger partial charge in [0.25, 0.3) is 0 Å². The summed E-state index contributed by atoms with van der Waals surface area (Å²) in [6, 6.07) is 16.1. The number of nitrogens with one attached hydrogen (secondary N) is 1. The number of hydrogen-bond donors (Lipinski definition) is 3. The molecule has 0 spiro atoms. The van der Waals surface area contributed by atoms with Gasteiger partial charge in [-0.1, -0.05) is 16.3 Å². The first-order valence-corrected chi connectivity index (χ1v) is 12.3. The Hall–Kier alpha value is -3.62. The maximum atomic E-state index is 11.6. The lowest BCUT2D eigenvalue weighted by Crippen LogP contribution is -2.55. The van der Waals surface area contributed by atoms with Crippen LogP contribution in [0.2, 0.25) is 0 Å². The number of aromatic nitrogens is 3. The number of rotatable bonds is 4. The van der Waals surface area contributed by atoms with Crippen LogP contribution in [0.1, 0.15) is 19.4 Å². The van der Waals surface area contributed by atoms with Gasteiger partial charge in [0, 0.05) is 66.5 Å². The highest BCUT2D eigenvalue weighted by Crippen LogP contribution is 2.29. The van der Waals surface area contributed by atoms with Gasteiger partial charge < -0.3 is 16.4 Å². The lowest BCUT2D eigenvalue weighted by atomic mass is 10.0. The van der Waals surface area contributed by atoms with E-state index in [1.807, 2.05) is 12.3 Å². The molecule has 0 radical (unpaired) electrons. The molecule has 1 aliphatic rings. The van der Waals surface area contributed by atoms with E-state index in [2.05, 4.69) is 58.4 Å². The summed E-state index contributed by atoms with van der Waals surface area (Å²) in [6.07, 6.45) is 5.37. The predicted molar refractivity (Wildman–Crippen MR) is 138 cm³/mol. The van der Waals surface area contributed by atoms with E-state index >= 15 is 0 Å². The fourth-order valence-corrected chi connectivity index (χ4v) is 5.14.